The van der Waals surface area contributed by atoms with Crippen molar-refractivity contribution < 1.29 is 68.3 Å². The smallest absolute Gasteiger partial charge is 0.417 e. The topological polar surface area (TPSA) is 291 Å². The number of aliphatic hydroxyl groups is 1. The molecule has 5 N–H and O–H groups in total. The van der Waals surface area contributed by atoms with Crippen molar-refractivity contribution in [3.8, 4) is 74.9 Å². The Bertz CT molecular complexity index is 3980. The highest BCUT2D eigenvalue weighted by molar-refractivity contribution is 7.94. The molecular weight excluding hydrogens is 1190 g/mol. The quantitative estimate of drug-likeness (QED) is 0.0315. The largest absolute Gasteiger partial charge is 0.493 e. The van der Waals surface area contributed by atoms with E-state index in [2.05, 4.69) is 67.6 Å². The zero-order valence-electron chi connectivity index (χ0n) is 48.1. The second-order valence-electron chi connectivity index (χ2n) is 19.2. The van der Waals surface area contributed by atoms with E-state index in [4.69, 9.17) is 33.2 Å². The third-order valence-electron chi connectivity index (χ3n) is 12.2. The van der Waals surface area contributed by atoms with Crippen molar-refractivity contribution in [1.29, 1.82) is 0 Å². The Hall–Kier alpha value is -10.1. The maximum Gasteiger partial charge on any atom is 0.417 e. The van der Waals surface area contributed by atoms with Crippen LogP contribution in [0.3, 0.4) is 0 Å². The summed E-state index contributed by atoms with van der Waals surface area (Å²) in [5.74, 6) is 0.796. The van der Waals surface area contributed by atoms with Gasteiger partial charge < -0.3 is 38.3 Å². The highest BCUT2D eigenvalue weighted by Gasteiger charge is 2.31. The van der Waals surface area contributed by atoms with E-state index >= 15 is 0 Å². The Labute approximate surface area is 505 Å². The van der Waals surface area contributed by atoms with E-state index in [-0.39, 0.29) is 96.3 Å². The monoisotopic (exact) mass is 1250 g/mol. The molecule has 5 aromatic heterocycles. The molecule has 28 heteroatoms. The van der Waals surface area contributed by atoms with Crippen molar-refractivity contribution in [1.82, 2.24) is 34.9 Å². The number of hydrogen-bond donors (Lipinski definition) is 5. The van der Waals surface area contributed by atoms with Crippen LogP contribution < -0.4 is 52.0 Å². The van der Waals surface area contributed by atoms with Crippen molar-refractivity contribution in [2.45, 2.75) is 45.7 Å². The second-order valence-corrected chi connectivity index (χ2v) is 22.0. The van der Waals surface area contributed by atoms with E-state index in [1.807, 2.05) is 38.1 Å². The summed E-state index contributed by atoms with van der Waals surface area (Å²) in [4.78, 5) is 29.6. The number of benzene rings is 4. The van der Waals surface area contributed by atoms with Crippen molar-refractivity contribution >= 4 is 43.4 Å². The number of rotatable bonds is 26. The highest BCUT2D eigenvalue weighted by atomic mass is 32.2. The summed E-state index contributed by atoms with van der Waals surface area (Å²) >= 11 is 0. The van der Waals surface area contributed by atoms with Crippen molar-refractivity contribution in [3.63, 3.8) is 0 Å². The van der Waals surface area contributed by atoms with Gasteiger partial charge in [0, 0.05) is 48.2 Å². The van der Waals surface area contributed by atoms with Gasteiger partial charge in [0.1, 0.15) is 19.8 Å². The number of nitrogens with one attached hydrogen (secondary N) is 4. The van der Waals surface area contributed by atoms with Crippen molar-refractivity contribution in [2.24, 2.45) is 0 Å². The number of alkyl halides is 3. The number of hydrogen-bond acceptors (Lipinski definition) is 19. The molecular formula is C60H60F3N11O12S2. The van der Waals surface area contributed by atoms with Crippen LogP contribution >= 0.6 is 0 Å². The molecule has 9 aromatic rings. The molecule has 0 atom stereocenters. The molecule has 460 valence electrons. The molecule has 0 saturated carbocycles. The molecule has 0 saturated heterocycles. The predicted octanol–water partition coefficient (Wildman–Crippen LogP) is 11.7. The van der Waals surface area contributed by atoms with Gasteiger partial charge in [-0.25, -0.2) is 24.4 Å². The van der Waals surface area contributed by atoms with Gasteiger partial charge in [-0.1, -0.05) is 76.2 Å². The zero-order valence-corrected chi connectivity index (χ0v) is 49.7. The highest BCUT2D eigenvalue weighted by Crippen LogP contribution is 2.43. The molecule has 0 amide bonds. The normalized spacial score (nSPS) is 11.4. The Kier molecular flexibility index (Phi) is 21.3. The van der Waals surface area contributed by atoms with E-state index in [1.165, 1.54) is 26.6 Å². The average Bonchev–Trinajstić information content (AvgIpc) is 2.31. The van der Waals surface area contributed by atoms with Crippen LogP contribution in [0, 0.1) is 0 Å². The molecule has 5 heterocycles. The van der Waals surface area contributed by atoms with Crippen LogP contribution in [0.1, 0.15) is 56.2 Å². The van der Waals surface area contributed by atoms with E-state index < -0.39 is 32.2 Å². The minimum Gasteiger partial charge on any atom is -0.493 e. The number of halogens is 3. The van der Waals surface area contributed by atoms with Crippen molar-refractivity contribution in [3.05, 3.63) is 181 Å². The third kappa shape index (κ3) is 17.8. The molecule has 0 unspecified atom stereocenters. The molecule has 0 aliphatic carbocycles. The van der Waals surface area contributed by atoms with Gasteiger partial charge in [-0.2, -0.15) is 40.0 Å². The van der Waals surface area contributed by atoms with Gasteiger partial charge in [0.15, 0.2) is 46.3 Å². The SMILES string of the molecule is COc1ccccc1Oc1c(NS(=O)(=O)Nc2ccc(C(C)C)cc2)nc(-c2ccncc2)nc1OCCO.COc1ccccc1Oc1c(NS(=O)(=O)Nc2ccc(C(C)C)cc2)nc(-c2ccncc2)nc1OCCOc1ccc(C(F)(F)F)cn1. The number of pyridine rings is 3. The molecule has 0 spiro atoms. The fourth-order valence-electron chi connectivity index (χ4n) is 7.81. The number of anilines is 4. The second kappa shape index (κ2) is 29.4. The van der Waals surface area contributed by atoms with E-state index in [0.717, 1.165) is 23.3 Å². The van der Waals surface area contributed by atoms with Gasteiger partial charge in [0.2, 0.25) is 17.4 Å². The van der Waals surface area contributed by atoms with E-state index in [0.29, 0.717) is 46.1 Å². The number of nitrogens with zero attached hydrogens (tertiary/aromatic N) is 7. The zero-order chi connectivity index (χ0) is 62.8. The summed E-state index contributed by atoms with van der Waals surface area (Å²) in [7, 11) is -5.61. The predicted molar refractivity (Wildman–Crippen MR) is 323 cm³/mol. The molecule has 0 bridgehead atoms. The van der Waals surface area contributed by atoms with Gasteiger partial charge in [-0.05, 0) is 102 Å². The Morgan fingerprint density at radius 2 is 0.909 bits per heavy atom. The minimum absolute atomic E-state index is 0.0640. The molecule has 0 aliphatic rings. The summed E-state index contributed by atoms with van der Waals surface area (Å²) < 4.78 is 142. The first-order chi connectivity index (χ1) is 42.2. The molecule has 0 fully saturated rings. The van der Waals surface area contributed by atoms with Crippen LogP contribution in [0.2, 0.25) is 0 Å². The summed E-state index contributed by atoms with van der Waals surface area (Å²) in [6, 6.07) is 35.9. The van der Waals surface area contributed by atoms with Gasteiger partial charge in [-0.15, -0.1) is 0 Å². The number of para-hydroxylation sites is 4. The summed E-state index contributed by atoms with van der Waals surface area (Å²) in [5.41, 5.74) is 2.88. The standard InChI is InChI=1S/C33H31F3N6O6S.C27H29N5O6S/c1-21(2)22-8-11-25(12-9-22)41-49(43,44)42-31-29(48-27-7-5-4-6-26(27)45-3)32(40-30(39-31)23-14-16-37-17-15-23)47-19-18-46-28-13-10-24(20-38-28)33(34,35)36;1-18(2)19-8-10-21(11-9-19)31-39(34,35)32-26-24(38-23-7-5-4-6-22(23)36-3)27(37-17-16-33)30-25(29-26)20-12-14-28-15-13-20/h4-17,20-21,41H,18-19H2,1-3H3,(H,39,40,42);4-15,18,31,33H,16-17H2,1-3H3,(H,29,30,32). The molecule has 9 rings (SSSR count). The van der Waals surface area contributed by atoms with E-state index in [9.17, 15) is 35.1 Å². The van der Waals surface area contributed by atoms with Crippen LogP contribution in [0.5, 0.6) is 52.1 Å². The summed E-state index contributed by atoms with van der Waals surface area (Å²) in [5, 5.41) is 9.39. The van der Waals surface area contributed by atoms with Crippen LogP contribution in [-0.4, -0.2) is 97.5 Å². The minimum atomic E-state index is -4.54. The van der Waals surface area contributed by atoms with E-state index in [1.54, 1.807) is 109 Å². The lowest BCUT2D eigenvalue weighted by Crippen LogP contribution is -2.23. The molecule has 23 nitrogen and oxygen atoms in total. The maximum absolute atomic E-state index is 13.5. The summed E-state index contributed by atoms with van der Waals surface area (Å²) in [6.45, 7) is 7.35. The molecule has 0 radical (unpaired) electrons. The first-order valence-electron chi connectivity index (χ1n) is 26.8. The summed E-state index contributed by atoms with van der Waals surface area (Å²) in [6.07, 6.45) is 2.24. The first kappa shape index (κ1) is 63.9. The average molecular weight is 1250 g/mol. The van der Waals surface area contributed by atoms with Crippen LogP contribution in [0.25, 0.3) is 22.8 Å². The molecule has 4 aromatic carbocycles. The Balaban J connectivity index is 0.000000234. The van der Waals surface area contributed by atoms with Gasteiger partial charge in [-0.3, -0.25) is 19.4 Å². The maximum atomic E-state index is 13.5. The number of ether oxygens (including phenoxy) is 7. The lowest BCUT2D eigenvalue weighted by molar-refractivity contribution is -0.137. The van der Waals surface area contributed by atoms with Gasteiger partial charge in [0.05, 0.1) is 37.8 Å². The fraction of sp³-hybridized carbons (Fsp3) is 0.217. The van der Waals surface area contributed by atoms with Gasteiger partial charge >= 0.3 is 26.6 Å². The van der Waals surface area contributed by atoms with Crippen LogP contribution in [0.4, 0.5) is 36.2 Å². The van der Waals surface area contributed by atoms with Crippen LogP contribution in [0.15, 0.2) is 164 Å². The first-order valence-corrected chi connectivity index (χ1v) is 29.8. The fourth-order valence-corrected chi connectivity index (χ4v) is 9.59. The number of aromatic nitrogens is 7. The molecule has 88 heavy (non-hydrogen) atoms. The van der Waals surface area contributed by atoms with Gasteiger partial charge in [0.25, 0.3) is 11.8 Å². The van der Waals surface area contributed by atoms with Crippen molar-refractivity contribution in [2.75, 3.05) is 59.5 Å². The molecule has 0 aliphatic heterocycles. The number of methoxy groups -OCH3 is 2. The lowest BCUT2D eigenvalue weighted by Gasteiger charge is -2.19. The third-order valence-corrected chi connectivity index (χ3v) is 14.1. The Morgan fingerprint density at radius 1 is 0.500 bits per heavy atom. The number of aliphatic hydroxyl groups excluding tert-OH is 1. The van der Waals surface area contributed by atoms with Crippen LogP contribution in [-0.2, 0) is 26.6 Å². The Morgan fingerprint density at radius 3 is 1.28 bits per heavy atom. The lowest BCUT2D eigenvalue weighted by atomic mass is 10.0.